The van der Waals surface area contributed by atoms with Gasteiger partial charge < -0.3 is 5.32 Å². The Labute approximate surface area is 136 Å². The Morgan fingerprint density at radius 1 is 1.18 bits per heavy atom. The number of hydrogen-bond donors (Lipinski definition) is 2. The molecule has 2 rings (SSSR count). The second-order valence-corrected chi connectivity index (χ2v) is 5.69. The van der Waals surface area contributed by atoms with Crippen molar-refractivity contribution in [3.05, 3.63) is 59.9 Å². The van der Waals surface area contributed by atoms with Gasteiger partial charge in [0.1, 0.15) is 0 Å². The van der Waals surface area contributed by atoms with Gasteiger partial charge in [0.2, 0.25) is 0 Å². The molecule has 0 saturated heterocycles. The zero-order valence-electron chi connectivity index (χ0n) is 13.0. The molecule has 0 fully saturated rings. The minimum atomic E-state index is 0.459. The largest absolute Gasteiger partial charge is 0.331 e. The zero-order valence-corrected chi connectivity index (χ0v) is 13.8. The molecule has 2 aromatic rings. The van der Waals surface area contributed by atoms with Gasteiger partial charge in [0.15, 0.2) is 5.11 Å². The average Bonchev–Trinajstić information content (AvgIpc) is 2.54. The van der Waals surface area contributed by atoms with Gasteiger partial charge >= 0.3 is 0 Å². The van der Waals surface area contributed by atoms with Crippen LogP contribution in [-0.4, -0.2) is 15.8 Å². The van der Waals surface area contributed by atoms with Crippen LogP contribution in [0.15, 0.2) is 53.9 Å². The summed E-state index contributed by atoms with van der Waals surface area (Å²) in [6.45, 7) is 6.25. The first-order valence-corrected chi connectivity index (χ1v) is 7.58. The molecular formula is C17H20N4S. The lowest BCUT2D eigenvalue weighted by molar-refractivity contribution is 0.867. The summed E-state index contributed by atoms with van der Waals surface area (Å²) in [5.74, 6) is 0.519. The molecule has 0 saturated carbocycles. The highest BCUT2D eigenvalue weighted by Gasteiger charge is 2.01. The molecule has 114 valence electrons. The fourth-order valence-electron chi connectivity index (χ4n) is 1.89. The fourth-order valence-corrected chi connectivity index (χ4v) is 2.05. The van der Waals surface area contributed by atoms with Crippen LogP contribution in [0.3, 0.4) is 0 Å². The molecule has 0 amide bonds. The molecule has 2 N–H and O–H groups in total. The molecule has 0 unspecified atom stereocenters. The number of benzene rings is 1. The minimum absolute atomic E-state index is 0.459. The van der Waals surface area contributed by atoms with E-state index in [4.69, 9.17) is 12.2 Å². The molecule has 4 nitrogen and oxygen atoms in total. The highest BCUT2D eigenvalue weighted by Crippen LogP contribution is 2.16. The molecule has 0 aliphatic carbocycles. The second kappa shape index (κ2) is 7.66. The molecule has 0 aliphatic rings. The summed E-state index contributed by atoms with van der Waals surface area (Å²) in [4.78, 5) is 4.07. The summed E-state index contributed by atoms with van der Waals surface area (Å²) in [5.41, 5.74) is 6.87. The summed E-state index contributed by atoms with van der Waals surface area (Å²) in [7, 11) is 0. The SMILES string of the molecule is C/C(=N/NC(=S)Nc1ccc(C(C)C)cc1)c1cccnc1. The Hall–Kier alpha value is -2.27. The Morgan fingerprint density at radius 2 is 1.91 bits per heavy atom. The highest BCUT2D eigenvalue weighted by atomic mass is 32.1. The lowest BCUT2D eigenvalue weighted by atomic mass is 10.0. The van der Waals surface area contributed by atoms with E-state index in [2.05, 4.69) is 46.8 Å². The molecule has 0 atom stereocenters. The van der Waals surface area contributed by atoms with E-state index in [0.717, 1.165) is 17.0 Å². The smallest absolute Gasteiger partial charge is 0.191 e. The van der Waals surface area contributed by atoms with Crippen LogP contribution in [0.5, 0.6) is 0 Å². The summed E-state index contributed by atoms with van der Waals surface area (Å²) in [6.07, 6.45) is 3.50. The number of anilines is 1. The summed E-state index contributed by atoms with van der Waals surface area (Å²) in [5, 5.41) is 7.83. The van der Waals surface area contributed by atoms with Crippen LogP contribution in [0.2, 0.25) is 0 Å². The monoisotopic (exact) mass is 312 g/mol. The van der Waals surface area contributed by atoms with Crippen molar-refractivity contribution >= 4 is 28.7 Å². The van der Waals surface area contributed by atoms with Gasteiger partial charge in [0.25, 0.3) is 0 Å². The zero-order chi connectivity index (χ0) is 15.9. The third kappa shape index (κ3) is 4.63. The van der Waals surface area contributed by atoms with E-state index in [1.807, 2.05) is 31.2 Å². The Kier molecular flexibility index (Phi) is 5.61. The van der Waals surface area contributed by atoms with E-state index in [0.29, 0.717) is 11.0 Å². The predicted molar refractivity (Wildman–Crippen MR) is 96.3 cm³/mol. The van der Waals surface area contributed by atoms with Gasteiger partial charge in [-0.2, -0.15) is 5.10 Å². The summed E-state index contributed by atoms with van der Waals surface area (Å²) < 4.78 is 0. The summed E-state index contributed by atoms with van der Waals surface area (Å²) in [6, 6.07) is 12.1. The first-order valence-electron chi connectivity index (χ1n) is 7.18. The van der Waals surface area contributed by atoms with Gasteiger partial charge in [-0.05, 0) is 48.8 Å². The molecule has 0 spiro atoms. The fraction of sp³-hybridized carbons (Fsp3) is 0.235. The third-order valence-corrected chi connectivity index (χ3v) is 3.43. The van der Waals surface area contributed by atoms with Gasteiger partial charge in [0.05, 0.1) is 5.71 Å². The topological polar surface area (TPSA) is 49.3 Å². The van der Waals surface area contributed by atoms with Gasteiger partial charge in [-0.15, -0.1) is 0 Å². The van der Waals surface area contributed by atoms with Gasteiger partial charge in [-0.1, -0.05) is 32.0 Å². The summed E-state index contributed by atoms with van der Waals surface area (Å²) >= 11 is 5.24. The number of rotatable bonds is 4. The number of pyridine rings is 1. The number of thiocarbonyl (C=S) groups is 1. The molecule has 5 heteroatoms. The molecule has 0 aliphatic heterocycles. The van der Waals surface area contributed by atoms with Crippen molar-refractivity contribution in [3.8, 4) is 0 Å². The van der Waals surface area contributed by atoms with E-state index in [1.54, 1.807) is 12.4 Å². The maximum atomic E-state index is 5.24. The van der Waals surface area contributed by atoms with Gasteiger partial charge in [-0.25, -0.2) is 0 Å². The van der Waals surface area contributed by atoms with E-state index < -0.39 is 0 Å². The van der Waals surface area contributed by atoms with Crippen molar-refractivity contribution in [2.24, 2.45) is 5.10 Å². The lowest BCUT2D eigenvalue weighted by Crippen LogP contribution is -2.25. The molecular weight excluding hydrogens is 292 g/mol. The van der Waals surface area contributed by atoms with Crippen LogP contribution in [-0.2, 0) is 0 Å². The highest BCUT2D eigenvalue weighted by molar-refractivity contribution is 7.80. The first-order chi connectivity index (χ1) is 10.6. The van der Waals surface area contributed by atoms with Crippen molar-refractivity contribution in [1.29, 1.82) is 0 Å². The normalized spacial score (nSPS) is 11.4. The molecule has 1 aromatic carbocycles. The van der Waals surface area contributed by atoms with E-state index in [1.165, 1.54) is 5.56 Å². The standard InChI is InChI=1S/C17H20N4S/c1-12(2)14-6-8-16(9-7-14)19-17(22)21-20-13(3)15-5-4-10-18-11-15/h4-12H,1-3H3,(H2,19,21,22)/b20-13-. The lowest BCUT2D eigenvalue weighted by Gasteiger charge is -2.10. The van der Waals surface area contributed by atoms with Gasteiger partial charge in [-0.3, -0.25) is 10.4 Å². The number of nitrogens with one attached hydrogen (secondary N) is 2. The van der Waals surface area contributed by atoms with Crippen LogP contribution in [0.4, 0.5) is 5.69 Å². The molecule has 1 heterocycles. The minimum Gasteiger partial charge on any atom is -0.331 e. The van der Waals surface area contributed by atoms with Crippen LogP contribution in [0, 0.1) is 0 Å². The second-order valence-electron chi connectivity index (χ2n) is 5.28. The first kappa shape index (κ1) is 16.1. The van der Waals surface area contributed by atoms with E-state index in [-0.39, 0.29) is 0 Å². The van der Waals surface area contributed by atoms with Crippen molar-refractivity contribution in [2.45, 2.75) is 26.7 Å². The van der Waals surface area contributed by atoms with E-state index >= 15 is 0 Å². The van der Waals surface area contributed by atoms with Crippen molar-refractivity contribution in [1.82, 2.24) is 10.4 Å². The number of nitrogens with zero attached hydrogens (tertiary/aromatic N) is 2. The number of hydrogen-bond acceptors (Lipinski definition) is 3. The van der Waals surface area contributed by atoms with Crippen LogP contribution in [0.1, 0.15) is 37.8 Å². The number of hydrazone groups is 1. The molecule has 22 heavy (non-hydrogen) atoms. The van der Waals surface area contributed by atoms with Crippen molar-refractivity contribution in [2.75, 3.05) is 5.32 Å². The maximum Gasteiger partial charge on any atom is 0.191 e. The quantitative estimate of drug-likeness (QED) is 0.510. The number of aromatic nitrogens is 1. The Bertz CT molecular complexity index is 648. The van der Waals surface area contributed by atoms with E-state index in [9.17, 15) is 0 Å². The Morgan fingerprint density at radius 3 is 2.50 bits per heavy atom. The van der Waals surface area contributed by atoms with Gasteiger partial charge in [0, 0.05) is 23.6 Å². The van der Waals surface area contributed by atoms with Crippen LogP contribution in [0.25, 0.3) is 0 Å². The molecule has 0 radical (unpaired) electrons. The van der Waals surface area contributed by atoms with Crippen LogP contribution < -0.4 is 10.7 Å². The molecule has 1 aromatic heterocycles. The van der Waals surface area contributed by atoms with Crippen molar-refractivity contribution in [3.63, 3.8) is 0 Å². The van der Waals surface area contributed by atoms with Crippen molar-refractivity contribution < 1.29 is 0 Å². The third-order valence-electron chi connectivity index (χ3n) is 3.24. The Balaban J connectivity index is 1.93. The average molecular weight is 312 g/mol. The maximum absolute atomic E-state index is 5.24. The predicted octanol–water partition coefficient (Wildman–Crippen LogP) is 3.92. The molecule has 0 bridgehead atoms. The van der Waals surface area contributed by atoms with Crippen LogP contribution >= 0.6 is 12.2 Å².